The van der Waals surface area contributed by atoms with Gasteiger partial charge in [-0.3, -0.25) is 9.79 Å². The Bertz CT molecular complexity index is 611. The Morgan fingerprint density at radius 3 is 2.58 bits per heavy atom. The molecule has 1 aromatic carbocycles. The molecule has 0 aromatic heterocycles. The van der Waals surface area contributed by atoms with Gasteiger partial charge in [-0.05, 0) is 37.3 Å². The van der Waals surface area contributed by atoms with E-state index in [0.717, 1.165) is 51.5 Å². The summed E-state index contributed by atoms with van der Waals surface area (Å²) in [5, 5.41) is 3.54. The fourth-order valence-corrected chi connectivity index (χ4v) is 3.93. The normalized spacial score (nSPS) is 21.8. The molecular weight excluding hydrogens is 328 g/mol. The summed E-state index contributed by atoms with van der Waals surface area (Å²) in [6, 6.07) is 10.6. The summed E-state index contributed by atoms with van der Waals surface area (Å²) in [7, 11) is 3.30. The van der Waals surface area contributed by atoms with E-state index in [1.165, 1.54) is 19.2 Å². The van der Waals surface area contributed by atoms with Gasteiger partial charge in [0.1, 0.15) is 0 Å². The second kappa shape index (κ2) is 8.92. The van der Waals surface area contributed by atoms with Gasteiger partial charge in [0.25, 0.3) is 0 Å². The maximum atomic E-state index is 11.7. The first kappa shape index (κ1) is 18.5. The van der Waals surface area contributed by atoms with Crippen LogP contribution in [0.4, 0.5) is 5.69 Å². The van der Waals surface area contributed by atoms with Gasteiger partial charge in [-0.1, -0.05) is 18.2 Å². The minimum absolute atomic E-state index is 0.0311. The quantitative estimate of drug-likeness (QED) is 0.507. The van der Waals surface area contributed by atoms with E-state index in [9.17, 15) is 4.79 Å². The predicted molar refractivity (Wildman–Crippen MR) is 104 cm³/mol. The molecule has 26 heavy (non-hydrogen) atoms. The highest BCUT2D eigenvalue weighted by molar-refractivity contribution is 5.80. The van der Waals surface area contributed by atoms with Gasteiger partial charge in [-0.2, -0.15) is 0 Å². The number of benzene rings is 1. The third kappa shape index (κ3) is 4.48. The molecule has 2 saturated heterocycles. The van der Waals surface area contributed by atoms with Gasteiger partial charge in [-0.25, -0.2) is 0 Å². The van der Waals surface area contributed by atoms with Crippen molar-refractivity contribution < 1.29 is 9.53 Å². The number of piperidine rings is 1. The lowest BCUT2D eigenvalue weighted by Gasteiger charge is -2.33. The number of carbonyl (C=O) groups excluding carboxylic acids is 1. The van der Waals surface area contributed by atoms with E-state index in [1.807, 2.05) is 7.05 Å². The summed E-state index contributed by atoms with van der Waals surface area (Å²) in [6.07, 6.45) is 2.86. The van der Waals surface area contributed by atoms with Crippen molar-refractivity contribution >= 4 is 17.6 Å². The Morgan fingerprint density at radius 1 is 1.19 bits per heavy atom. The number of anilines is 1. The highest BCUT2D eigenvalue weighted by Crippen LogP contribution is 2.23. The standard InChI is InChI=1S/C20H30N4O2/c1-21-20(23-12-9-17(10-13-23)19(25)26-2)22-14-16-8-11-24(15-16)18-6-4-3-5-7-18/h3-7,16-17H,8-15H2,1-2H3,(H,21,22). The summed E-state index contributed by atoms with van der Waals surface area (Å²) in [5.41, 5.74) is 1.31. The Kier molecular flexibility index (Phi) is 6.36. The molecule has 3 rings (SSSR count). The number of esters is 1. The maximum absolute atomic E-state index is 11.7. The molecule has 2 fully saturated rings. The molecule has 1 unspecified atom stereocenters. The van der Waals surface area contributed by atoms with Gasteiger partial charge < -0.3 is 19.9 Å². The van der Waals surface area contributed by atoms with Crippen LogP contribution in [-0.2, 0) is 9.53 Å². The van der Waals surface area contributed by atoms with Crippen molar-refractivity contribution in [3.05, 3.63) is 30.3 Å². The molecule has 2 aliphatic rings. The van der Waals surface area contributed by atoms with Gasteiger partial charge in [0.2, 0.25) is 0 Å². The number of para-hydroxylation sites is 1. The number of methoxy groups -OCH3 is 1. The minimum Gasteiger partial charge on any atom is -0.469 e. The number of rotatable bonds is 4. The minimum atomic E-state index is -0.0837. The van der Waals surface area contributed by atoms with Gasteiger partial charge in [0.15, 0.2) is 5.96 Å². The summed E-state index contributed by atoms with van der Waals surface area (Å²) >= 11 is 0. The second-order valence-electron chi connectivity index (χ2n) is 7.15. The molecule has 142 valence electrons. The maximum Gasteiger partial charge on any atom is 0.308 e. The van der Waals surface area contributed by atoms with Gasteiger partial charge in [0.05, 0.1) is 13.0 Å². The zero-order valence-corrected chi connectivity index (χ0v) is 15.9. The second-order valence-corrected chi connectivity index (χ2v) is 7.15. The van der Waals surface area contributed by atoms with Crippen LogP contribution in [0, 0.1) is 11.8 Å². The van der Waals surface area contributed by atoms with Crippen LogP contribution in [0.25, 0.3) is 0 Å². The van der Waals surface area contributed by atoms with Crippen LogP contribution in [0.15, 0.2) is 35.3 Å². The largest absolute Gasteiger partial charge is 0.469 e. The molecule has 2 aliphatic heterocycles. The molecule has 1 atom stereocenters. The number of hydrogen-bond donors (Lipinski definition) is 1. The number of aliphatic imine (C=N–C) groups is 1. The molecule has 0 radical (unpaired) electrons. The lowest BCUT2D eigenvalue weighted by molar-refractivity contribution is -0.146. The van der Waals surface area contributed by atoms with E-state index in [2.05, 4.69) is 50.4 Å². The van der Waals surface area contributed by atoms with Crippen molar-refractivity contribution in [2.45, 2.75) is 19.3 Å². The van der Waals surface area contributed by atoms with Crippen molar-refractivity contribution in [2.24, 2.45) is 16.8 Å². The summed E-state index contributed by atoms with van der Waals surface area (Å²) in [4.78, 5) is 20.8. The first-order valence-corrected chi connectivity index (χ1v) is 9.54. The highest BCUT2D eigenvalue weighted by Gasteiger charge is 2.28. The van der Waals surface area contributed by atoms with E-state index in [1.54, 1.807) is 0 Å². The molecule has 2 heterocycles. The van der Waals surface area contributed by atoms with Crippen molar-refractivity contribution in [3.8, 4) is 0 Å². The first-order valence-electron chi connectivity index (χ1n) is 9.54. The molecule has 0 spiro atoms. The van der Waals surface area contributed by atoms with Crippen molar-refractivity contribution in [1.82, 2.24) is 10.2 Å². The van der Waals surface area contributed by atoms with E-state index in [-0.39, 0.29) is 11.9 Å². The van der Waals surface area contributed by atoms with E-state index in [4.69, 9.17) is 4.74 Å². The molecule has 1 N–H and O–H groups in total. The number of guanidine groups is 1. The summed E-state index contributed by atoms with van der Waals surface area (Å²) < 4.78 is 4.87. The third-order valence-corrected chi connectivity index (χ3v) is 5.50. The summed E-state index contributed by atoms with van der Waals surface area (Å²) in [6.45, 7) is 4.82. The predicted octanol–water partition coefficient (Wildman–Crippen LogP) is 1.97. The van der Waals surface area contributed by atoms with Crippen LogP contribution in [0.2, 0.25) is 0 Å². The average molecular weight is 358 g/mol. The lowest BCUT2D eigenvalue weighted by Crippen LogP contribution is -2.47. The highest BCUT2D eigenvalue weighted by atomic mass is 16.5. The molecule has 0 bridgehead atoms. The number of carbonyl (C=O) groups is 1. The van der Waals surface area contributed by atoms with Crippen LogP contribution in [0.1, 0.15) is 19.3 Å². The van der Waals surface area contributed by atoms with Crippen molar-refractivity contribution in [1.29, 1.82) is 0 Å². The lowest BCUT2D eigenvalue weighted by atomic mass is 9.97. The van der Waals surface area contributed by atoms with E-state index >= 15 is 0 Å². The zero-order valence-electron chi connectivity index (χ0n) is 15.9. The number of likely N-dealkylation sites (tertiary alicyclic amines) is 1. The Balaban J connectivity index is 1.45. The topological polar surface area (TPSA) is 57.2 Å². The average Bonchev–Trinajstić information content (AvgIpc) is 3.18. The SMILES string of the molecule is CN=C(NCC1CCN(c2ccccc2)C1)N1CCC(C(=O)OC)CC1. The van der Waals surface area contributed by atoms with Gasteiger partial charge >= 0.3 is 5.97 Å². The Morgan fingerprint density at radius 2 is 1.92 bits per heavy atom. The first-order chi connectivity index (χ1) is 12.7. The van der Waals surface area contributed by atoms with Crippen LogP contribution in [0.5, 0.6) is 0 Å². The molecular formula is C20H30N4O2. The molecule has 6 nitrogen and oxygen atoms in total. The van der Waals surface area contributed by atoms with Crippen LogP contribution in [0.3, 0.4) is 0 Å². The van der Waals surface area contributed by atoms with Crippen LogP contribution in [-0.4, -0.2) is 63.7 Å². The van der Waals surface area contributed by atoms with Gasteiger partial charge in [0, 0.05) is 45.5 Å². The molecule has 6 heteroatoms. The van der Waals surface area contributed by atoms with Crippen LogP contribution >= 0.6 is 0 Å². The van der Waals surface area contributed by atoms with Gasteiger partial charge in [-0.15, -0.1) is 0 Å². The number of hydrogen-bond acceptors (Lipinski definition) is 4. The third-order valence-electron chi connectivity index (χ3n) is 5.50. The number of nitrogens with one attached hydrogen (secondary N) is 1. The monoisotopic (exact) mass is 358 g/mol. The van der Waals surface area contributed by atoms with E-state index < -0.39 is 0 Å². The summed E-state index contributed by atoms with van der Waals surface area (Å²) in [5.74, 6) is 1.52. The fraction of sp³-hybridized carbons (Fsp3) is 0.600. The van der Waals surface area contributed by atoms with Crippen molar-refractivity contribution in [2.75, 3.05) is 51.8 Å². The van der Waals surface area contributed by atoms with Crippen LogP contribution < -0.4 is 10.2 Å². The molecule has 0 amide bonds. The van der Waals surface area contributed by atoms with Crippen molar-refractivity contribution in [3.63, 3.8) is 0 Å². The zero-order chi connectivity index (χ0) is 18.4. The molecule has 0 saturated carbocycles. The Labute approximate surface area is 156 Å². The smallest absolute Gasteiger partial charge is 0.308 e. The fourth-order valence-electron chi connectivity index (χ4n) is 3.93. The number of ether oxygens (including phenoxy) is 1. The van der Waals surface area contributed by atoms with E-state index in [0.29, 0.717) is 5.92 Å². The number of nitrogens with zero attached hydrogens (tertiary/aromatic N) is 3. The molecule has 1 aromatic rings. The molecule has 0 aliphatic carbocycles. The Hall–Kier alpha value is -2.24.